The molecule has 84 heavy (non-hydrogen) atoms. The number of fused-ring (bicyclic) bond motifs is 1. The number of phenols is 1. The van der Waals surface area contributed by atoms with Crippen LogP contribution in [0.15, 0.2) is 72.2 Å². The fourth-order valence-electron chi connectivity index (χ4n) is 9.93. The number of aromatic amines is 2. The second-order valence-corrected chi connectivity index (χ2v) is 21.3. The minimum absolute atomic E-state index is 0.0879. The number of aromatic hydroxyl groups is 1. The molecule has 0 bridgehead atoms. The van der Waals surface area contributed by atoms with Crippen molar-refractivity contribution in [1.29, 1.82) is 0 Å². The third-order valence-electron chi connectivity index (χ3n) is 14.3. The van der Waals surface area contributed by atoms with Gasteiger partial charge in [-0.25, -0.2) is 4.98 Å². The maximum absolute atomic E-state index is 14.5. The Morgan fingerprint density at radius 3 is 2.01 bits per heavy atom. The molecule has 2 saturated heterocycles. The van der Waals surface area contributed by atoms with Gasteiger partial charge in [0.1, 0.15) is 60.1 Å². The Bertz CT molecular complexity index is 2980. The average molecular weight is 1170 g/mol. The summed E-state index contributed by atoms with van der Waals surface area (Å²) in [6.07, 6.45) is 5.75. The number of carbonyl (C=O) groups excluding carboxylic acids is 10. The number of aliphatic hydroxyl groups is 1. The van der Waals surface area contributed by atoms with Gasteiger partial charge < -0.3 is 84.4 Å². The number of para-hydroxylation sites is 1. The Morgan fingerprint density at radius 2 is 1.37 bits per heavy atom. The Morgan fingerprint density at radius 1 is 0.738 bits per heavy atom. The topological polar surface area (TPSA) is 432 Å². The monoisotopic (exact) mass is 1170 g/mol. The van der Waals surface area contributed by atoms with E-state index in [0.717, 1.165) is 5.52 Å². The molecular weight excluding hydrogens is 1090 g/mol. The van der Waals surface area contributed by atoms with Crippen LogP contribution in [0, 0.1) is 5.92 Å². The normalized spacial score (nSPS) is 17.3. The first-order chi connectivity index (χ1) is 40.1. The van der Waals surface area contributed by atoms with E-state index in [1.807, 2.05) is 19.9 Å². The molecule has 4 heterocycles. The van der Waals surface area contributed by atoms with Crippen molar-refractivity contribution in [2.75, 3.05) is 26.2 Å². The van der Waals surface area contributed by atoms with E-state index >= 15 is 0 Å². The van der Waals surface area contributed by atoms with Crippen LogP contribution in [0.4, 0.5) is 0 Å². The van der Waals surface area contributed by atoms with E-state index in [0.29, 0.717) is 41.6 Å². The molecule has 4 aromatic rings. The predicted octanol–water partition coefficient (Wildman–Crippen LogP) is -2.46. The first-order valence-electron chi connectivity index (χ1n) is 28.1. The number of phenolic OH excluding ortho intramolecular Hbond substituents is 1. The minimum Gasteiger partial charge on any atom is -0.508 e. The lowest BCUT2D eigenvalue weighted by Gasteiger charge is -2.30. The van der Waals surface area contributed by atoms with Crippen LogP contribution in [-0.4, -0.2) is 176 Å². The van der Waals surface area contributed by atoms with E-state index in [1.54, 1.807) is 31.3 Å². The number of likely N-dealkylation sites (tertiary alicyclic amines) is 1. The molecule has 9 atom stereocenters. The summed E-state index contributed by atoms with van der Waals surface area (Å²) in [4.78, 5) is 153. The number of imidazole rings is 1. The first-order valence-corrected chi connectivity index (χ1v) is 28.1. The summed E-state index contributed by atoms with van der Waals surface area (Å²) in [5.74, 6) is -7.43. The van der Waals surface area contributed by atoms with Gasteiger partial charge in [-0.3, -0.25) is 52.9 Å². The molecule has 0 aliphatic carbocycles. The number of amides is 10. The lowest BCUT2D eigenvalue weighted by molar-refractivity contribution is -0.142. The van der Waals surface area contributed by atoms with Crippen molar-refractivity contribution in [3.8, 4) is 5.75 Å². The minimum atomic E-state index is -1.75. The molecule has 28 nitrogen and oxygen atoms in total. The zero-order valence-corrected chi connectivity index (χ0v) is 47.5. The van der Waals surface area contributed by atoms with Crippen molar-refractivity contribution in [2.24, 2.45) is 22.4 Å². The van der Waals surface area contributed by atoms with Crippen LogP contribution in [0.2, 0.25) is 0 Å². The van der Waals surface area contributed by atoms with Crippen molar-refractivity contribution in [2.45, 2.75) is 146 Å². The maximum Gasteiger partial charge on any atom is 0.245 e. The average Bonchev–Trinajstić information content (AvgIpc) is 4.48. The summed E-state index contributed by atoms with van der Waals surface area (Å²) in [5.41, 5.74) is 13.2. The second-order valence-electron chi connectivity index (χ2n) is 21.3. The fraction of sp³-hybridized carbons (Fsp3) is 0.500. The Hall–Kier alpha value is -9.08. The van der Waals surface area contributed by atoms with Crippen LogP contribution < -0.4 is 59.3 Å². The molecule has 28 heteroatoms. The number of guanidine groups is 1. The summed E-state index contributed by atoms with van der Waals surface area (Å²) in [5, 5.41) is 45.3. The molecule has 0 radical (unpaired) electrons. The number of carbonyl (C=O) groups is 10. The number of rotatable bonds is 30. The largest absolute Gasteiger partial charge is 0.508 e. The number of aliphatic hydroxyl groups excluding tert-OH is 1. The van der Waals surface area contributed by atoms with E-state index < -0.39 is 108 Å². The molecule has 10 amide bonds. The van der Waals surface area contributed by atoms with Gasteiger partial charge >= 0.3 is 0 Å². The molecule has 0 saturated carbocycles. The third kappa shape index (κ3) is 18.5. The van der Waals surface area contributed by atoms with E-state index in [4.69, 9.17) is 11.5 Å². The number of likely N-dealkylation sites (N-methyl/N-ethyl adjacent to an activating group) is 1. The van der Waals surface area contributed by atoms with Gasteiger partial charge in [0.25, 0.3) is 0 Å². The number of H-pyrrole nitrogens is 2. The van der Waals surface area contributed by atoms with Crippen molar-refractivity contribution in [1.82, 2.24) is 67.7 Å². The van der Waals surface area contributed by atoms with Gasteiger partial charge in [0.2, 0.25) is 59.1 Å². The molecular formula is C56H78N16O12. The van der Waals surface area contributed by atoms with E-state index in [-0.39, 0.29) is 93.9 Å². The van der Waals surface area contributed by atoms with Crippen LogP contribution in [0.1, 0.15) is 89.5 Å². The van der Waals surface area contributed by atoms with Crippen LogP contribution in [0.25, 0.3) is 10.9 Å². The molecule has 17 N–H and O–H groups in total. The van der Waals surface area contributed by atoms with E-state index in [2.05, 4.69) is 67.8 Å². The zero-order valence-electron chi connectivity index (χ0n) is 47.5. The molecule has 454 valence electrons. The Balaban J connectivity index is 1.18. The standard InChI is InChI=1S/C56H78N16O12/c1-5-60-54(83)45-13-9-21-72(45)55(84)39(12-8-20-61-56(57)58)66-50(79)40(22-30(2)3)67-47(76)31(4)64-49(78)41(23-32-14-16-35(74)17-15-32)68-53(82)44(28-73)71-51(80)42(24-33-26-62-37-11-7-6-10-36(33)37)69-52(81)43(25-34-27-59-29-63-34)70-48(77)38-18-19-46(75)65-38/h6-7,10-11,14-17,26-27,29-31,38-45,62,73-74H,5,8-9,12-13,18-25,28H2,1-4H3,(H,59,63)(H,60,83)(H,64,78)(H,65,75)(H,66,79)(H,67,76)(H,68,82)(H,69,81)(H,70,77)(H,71,80)(H4,57,58,61)/t31-,38+,39+,40+,41+,42+,43+,44+,45+/m0/s1. The van der Waals surface area contributed by atoms with E-state index in [1.165, 1.54) is 48.6 Å². The Kier molecular flexibility index (Phi) is 23.5. The van der Waals surface area contributed by atoms with Crippen LogP contribution in [0.3, 0.4) is 0 Å². The van der Waals surface area contributed by atoms with Gasteiger partial charge in [-0.05, 0) is 87.6 Å². The molecule has 2 fully saturated rings. The maximum atomic E-state index is 14.5. The number of aromatic nitrogens is 3. The van der Waals surface area contributed by atoms with Gasteiger partial charge in [0, 0.05) is 74.3 Å². The fourth-order valence-corrected chi connectivity index (χ4v) is 9.93. The zero-order chi connectivity index (χ0) is 61.0. The lowest BCUT2D eigenvalue weighted by Crippen LogP contribution is -2.61. The number of aliphatic imine (C=N–C) groups is 1. The number of hydrogen-bond acceptors (Lipinski definition) is 14. The van der Waals surface area contributed by atoms with Crippen LogP contribution >= 0.6 is 0 Å². The summed E-state index contributed by atoms with van der Waals surface area (Å²) < 4.78 is 0. The van der Waals surface area contributed by atoms with Crippen molar-refractivity contribution >= 4 is 75.9 Å². The number of hydrogen-bond donors (Lipinski definition) is 15. The molecule has 0 spiro atoms. The summed E-state index contributed by atoms with van der Waals surface area (Å²) in [6.45, 7) is 6.52. The number of nitrogens with two attached hydrogens (primary N) is 2. The van der Waals surface area contributed by atoms with Crippen LogP contribution in [-0.2, 0) is 67.2 Å². The molecule has 2 aliphatic heterocycles. The summed E-state index contributed by atoms with van der Waals surface area (Å²) in [7, 11) is 0. The highest BCUT2D eigenvalue weighted by Gasteiger charge is 2.39. The number of nitrogens with one attached hydrogen (secondary N) is 11. The molecule has 2 aromatic carbocycles. The van der Waals surface area contributed by atoms with Crippen molar-refractivity contribution in [3.05, 3.63) is 84.1 Å². The number of benzene rings is 2. The first kappa shape index (κ1) is 64.1. The molecule has 6 rings (SSSR count). The van der Waals surface area contributed by atoms with Gasteiger partial charge in [0.15, 0.2) is 5.96 Å². The van der Waals surface area contributed by atoms with Gasteiger partial charge in [-0.15, -0.1) is 0 Å². The van der Waals surface area contributed by atoms with Gasteiger partial charge in [-0.1, -0.05) is 44.2 Å². The summed E-state index contributed by atoms with van der Waals surface area (Å²) in [6, 6.07) is 1.50. The second kappa shape index (κ2) is 30.8. The molecule has 2 aromatic heterocycles. The molecule has 2 aliphatic rings. The highest BCUT2D eigenvalue weighted by atomic mass is 16.3. The highest BCUT2D eigenvalue weighted by molar-refractivity contribution is 5.99. The van der Waals surface area contributed by atoms with E-state index in [9.17, 15) is 58.2 Å². The third-order valence-corrected chi connectivity index (χ3v) is 14.3. The predicted molar refractivity (Wildman–Crippen MR) is 306 cm³/mol. The highest BCUT2D eigenvalue weighted by Crippen LogP contribution is 2.22. The number of nitrogens with zero attached hydrogens (tertiary/aromatic N) is 3. The SMILES string of the molecule is CCNC(=O)[C@H]1CCCN1C(=O)[C@@H](CCCN=C(N)N)NC(=O)[C@@H](CC(C)C)NC(=O)[C@H](C)NC(=O)[C@@H](Cc1ccc(O)cc1)NC(=O)[C@@H](CO)NC(=O)[C@@H](Cc1c[nH]c2ccccc12)NC(=O)[C@@H](Cc1cnc[nH]1)NC(=O)[C@H]1CCC(=O)N1. The smallest absolute Gasteiger partial charge is 0.245 e. The van der Waals surface area contributed by atoms with Gasteiger partial charge in [-0.2, -0.15) is 0 Å². The summed E-state index contributed by atoms with van der Waals surface area (Å²) >= 11 is 0. The quantitative estimate of drug-likeness (QED) is 0.0146. The van der Waals surface area contributed by atoms with Crippen LogP contribution in [0.5, 0.6) is 5.75 Å². The Labute approximate surface area is 485 Å². The lowest BCUT2D eigenvalue weighted by atomic mass is 10.0. The van der Waals surface area contributed by atoms with Crippen molar-refractivity contribution < 1.29 is 58.2 Å². The van der Waals surface area contributed by atoms with Gasteiger partial charge in [0.05, 0.1) is 12.9 Å². The van der Waals surface area contributed by atoms with Crippen molar-refractivity contribution in [3.63, 3.8) is 0 Å². The molecule has 0 unspecified atom stereocenters.